The van der Waals surface area contributed by atoms with Gasteiger partial charge in [-0.15, -0.1) is 10.2 Å². The van der Waals surface area contributed by atoms with Gasteiger partial charge in [0.1, 0.15) is 5.75 Å². The summed E-state index contributed by atoms with van der Waals surface area (Å²) in [4.78, 5) is 24.9. The van der Waals surface area contributed by atoms with Crippen LogP contribution in [0.2, 0.25) is 0 Å². The average Bonchev–Trinajstić information content (AvgIpc) is 3.32. The molecule has 0 aliphatic heterocycles. The third-order valence-corrected chi connectivity index (χ3v) is 7.32. The number of halogens is 1. The molecule has 0 atom stereocenters. The van der Waals surface area contributed by atoms with Crippen molar-refractivity contribution in [3.63, 3.8) is 0 Å². The van der Waals surface area contributed by atoms with Crippen molar-refractivity contribution in [3.05, 3.63) is 81.8 Å². The highest BCUT2D eigenvalue weighted by Crippen LogP contribution is 2.35. The number of amides is 1. The van der Waals surface area contributed by atoms with Gasteiger partial charge in [-0.25, -0.2) is 4.79 Å². The van der Waals surface area contributed by atoms with E-state index in [2.05, 4.69) is 37.5 Å². The van der Waals surface area contributed by atoms with E-state index in [1.807, 2.05) is 37.5 Å². The maximum absolute atomic E-state index is 12.8. The normalized spacial score (nSPS) is 10.9. The number of hydrogen-bond acceptors (Lipinski definition) is 7. The van der Waals surface area contributed by atoms with Crippen LogP contribution < -0.4 is 5.32 Å². The van der Waals surface area contributed by atoms with Gasteiger partial charge in [-0.3, -0.25) is 9.36 Å². The fourth-order valence-electron chi connectivity index (χ4n) is 3.91. The van der Waals surface area contributed by atoms with E-state index < -0.39 is 0 Å². The van der Waals surface area contributed by atoms with E-state index in [1.54, 1.807) is 42.5 Å². The molecule has 1 amide bonds. The van der Waals surface area contributed by atoms with E-state index in [0.717, 1.165) is 34.1 Å². The number of nitrogens with one attached hydrogen (secondary N) is 1. The number of nitrogens with zero attached hydrogens (tertiary/aromatic N) is 3. The molecule has 4 aromatic rings. The second kappa shape index (κ2) is 12.9. The summed E-state index contributed by atoms with van der Waals surface area (Å²) in [7, 11) is 0. The molecule has 0 aliphatic carbocycles. The second-order valence-corrected chi connectivity index (χ2v) is 10.9. The zero-order valence-corrected chi connectivity index (χ0v) is 24.3. The number of thioether (sulfide) groups is 1. The molecule has 0 saturated carbocycles. The minimum Gasteiger partial charge on any atom is -0.507 e. The molecule has 0 unspecified atom stereocenters. The Hall–Kier alpha value is -3.63. The molecule has 8 nitrogen and oxygen atoms in total. The smallest absolute Gasteiger partial charge is 0.338 e. The lowest BCUT2D eigenvalue weighted by atomic mass is 10.1. The van der Waals surface area contributed by atoms with Gasteiger partial charge >= 0.3 is 5.97 Å². The monoisotopic (exact) mass is 608 g/mol. The highest BCUT2D eigenvalue weighted by atomic mass is 79.9. The molecule has 202 valence electrons. The minimum atomic E-state index is -0.380. The summed E-state index contributed by atoms with van der Waals surface area (Å²) in [5, 5.41) is 22.7. The van der Waals surface area contributed by atoms with Crippen molar-refractivity contribution >= 4 is 45.3 Å². The summed E-state index contributed by atoms with van der Waals surface area (Å²) >= 11 is 4.70. The molecular weight excluding hydrogens is 580 g/mol. The van der Waals surface area contributed by atoms with E-state index >= 15 is 0 Å². The van der Waals surface area contributed by atoms with Crippen molar-refractivity contribution in [1.29, 1.82) is 0 Å². The van der Waals surface area contributed by atoms with Gasteiger partial charge in [-0.1, -0.05) is 58.7 Å². The molecule has 3 aromatic carbocycles. The van der Waals surface area contributed by atoms with Crippen molar-refractivity contribution < 1.29 is 19.4 Å². The predicted octanol–water partition coefficient (Wildman–Crippen LogP) is 6.71. The summed E-state index contributed by atoms with van der Waals surface area (Å²) in [6, 6.07) is 17.8. The van der Waals surface area contributed by atoms with Crippen molar-refractivity contribution in [2.24, 2.45) is 0 Å². The number of phenolic OH excluding ortho intramolecular Hbond substituents is 1. The Labute approximate surface area is 239 Å². The Bertz CT molecular complexity index is 1490. The Balaban J connectivity index is 1.52. The van der Waals surface area contributed by atoms with Gasteiger partial charge in [0, 0.05) is 10.2 Å². The van der Waals surface area contributed by atoms with Crippen LogP contribution in [0.4, 0.5) is 5.69 Å². The zero-order valence-electron chi connectivity index (χ0n) is 21.9. The van der Waals surface area contributed by atoms with Crippen molar-refractivity contribution in [1.82, 2.24) is 14.8 Å². The number of anilines is 1. The minimum absolute atomic E-state index is 0.0728. The quantitative estimate of drug-likeness (QED) is 0.117. The van der Waals surface area contributed by atoms with E-state index in [1.165, 1.54) is 11.8 Å². The zero-order chi connectivity index (χ0) is 27.9. The molecule has 1 heterocycles. The van der Waals surface area contributed by atoms with Crippen LogP contribution in [0.1, 0.15) is 41.3 Å². The summed E-state index contributed by atoms with van der Waals surface area (Å²) in [5.74, 6) is -0.00204. The van der Waals surface area contributed by atoms with Crippen LogP contribution in [-0.2, 0) is 9.53 Å². The molecule has 1 aromatic heterocycles. The van der Waals surface area contributed by atoms with Gasteiger partial charge in [0.05, 0.1) is 29.2 Å². The molecule has 0 fully saturated rings. The Kier molecular flexibility index (Phi) is 9.42. The first kappa shape index (κ1) is 28.4. The highest BCUT2D eigenvalue weighted by Gasteiger charge is 2.21. The second-order valence-electron chi connectivity index (χ2n) is 9.00. The molecule has 2 N–H and O–H groups in total. The van der Waals surface area contributed by atoms with Gasteiger partial charge in [0.2, 0.25) is 5.91 Å². The molecule has 39 heavy (non-hydrogen) atoms. The number of carbonyl (C=O) groups excluding carboxylic acids is 2. The molecule has 10 heteroatoms. The third kappa shape index (κ3) is 7.07. The lowest BCUT2D eigenvalue weighted by Crippen LogP contribution is -2.15. The number of aromatic hydroxyl groups is 1. The lowest BCUT2D eigenvalue weighted by molar-refractivity contribution is -0.113. The first-order chi connectivity index (χ1) is 18.8. The highest BCUT2D eigenvalue weighted by molar-refractivity contribution is 9.10. The average molecular weight is 610 g/mol. The fourth-order valence-corrected chi connectivity index (χ4v) is 5.01. The van der Waals surface area contributed by atoms with Crippen LogP contribution in [0.5, 0.6) is 5.75 Å². The van der Waals surface area contributed by atoms with E-state index in [4.69, 9.17) is 4.74 Å². The number of aromatic nitrogens is 3. The molecule has 0 spiro atoms. The van der Waals surface area contributed by atoms with Gasteiger partial charge in [-0.2, -0.15) is 0 Å². The topological polar surface area (TPSA) is 106 Å². The number of esters is 1. The lowest BCUT2D eigenvalue weighted by Gasteiger charge is -2.14. The van der Waals surface area contributed by atoms with Crippen LogP contribution in [0.3, 0.4) is 0 Å². The van der Waals surface area contributed by atoms with Crippen LogP contribution in [-0.4, -0.2) is 44.1 Å². The molecule has 0 saturated heterocycles. The first-order valence-electron chi connectivity index (χ1n) is 12.5. The van der Waals surface area contributed by atoms with Gasteiger partial charge in [0.25, 0.3) is 0 Å². The number of hydrogen-bond donors (Lipinski definition) is 2. The maximum atomic E-state index is 12.8. The number of carbonyl (C=O) groups is 2. The summed E-state index contributed by atoms with van der Waals surface area (Å²) in [6.45, 7) is 6.44. The van der Waals surface area contributed by atoms with Crippen LogP contribution in [0.15, 0.2) is 70.3 Å². The first-order valence-corrected chi connectivity index (χ1v) is 14.3. The maximum Gasteiger partial charge on any atom is 0.338 e. The summed E-state index contributed by atoms with van der Waals surface area (Å²) in [5.41, 5.74) is 4.49. The number of aryl methyl sites for hydroxylation is 2. The molecule has 0 radical (unpaired) electrons. The molecule has 0 bridgehead atoms. The van der Waals surface area contributed by atoms with Crippen molar-refractivity contribution in [2.75, 3.05) is 17.7 Å². The molecular formula is C29H29BrN4O4S. The van der Waals surface area contributed by atoms with Gasteiger partial charge in [0.15, 0.2) is 11.0 Å². The Morgan fingerprint density at radius 3 is 2.54 bits per heavy atom. The third-order valence-electron chi connectivity index (χ3n) is 5.89. The molecule has 0 aliphatic rings. The Morgan fingerprint density at radius 2 is 1.82 bits per heavy atom. The number of unbranched alkanes of at least 4 members (excludes halogenated alkanes) is 1. The number of phenols is 1. The number of benzene rings is 3. The van der Waals surface area contributed by atoms with Crippen LogP contribution in [0.25, 0.3) is 17.1 Å². The van der Waals surface area contributed by atoms with Crippen LogP contribution in [0, 0.1) is 13.8 Å². The van der Waals surface area contributed by atoms with E-state index in [0.29, 0.717) is 34.4 Å². The SMILES string of the molecule is CCCCOC(=O)c1ccc(NC(=O)CSc2nnc(-c3cc(Br)ccc3O)n2-c2ccc(C)cc2C)cc1. The molecule has 4 rings (SSSR count). The number of ether oxygens (including phenoxy) is 1. The Morgan fingerprint density at radius 1 is 1.05 bits per heavy atom. The van der Waals surface area contributed by atoms with Gasteiger partial charge < -0.3 is 15.2 Å². The summed E-state index contributed by atoms with van der Waals surface area (Å²) in [6.07, 6.45) is 1.77. The van der Waals surface area contributed by atoms with E-state index in [9.17, 15) is 14.7 Å². The standard InChI is InChI=1S/C29H29BrN4O4S/c1-4-5-14-38-28(37)20-7-10-22(11-8-20)31-26(36)17-39-29-33-32-27(23-16-21(30)9-13-25(23)35)34(29)24-12-6-18(2)15-19(24)3/h6-13,15-16,35H,4-5,14,17H2,1-3H3,(H,31,36). The number of rotatable bonds is 10. The van der Waals surface area contributed by atoms with Crippen molar-refractivity contribution in [3.8, 4) is 22.8 Å². The predicted molar refractivity (Wildman–Crippen MR) is 157 cm³/mol. The van der Waals surface area contributed by atoms with Crippen molar-refractivity contribution in [2.45, 2.75) is 38.8 Å². The largest absolute Gasteiger partial charge is 0.507 e. The van der Waals surface area contributed by atoms with E-state index in [-0.39, 0.29) is 23.4 Å². The summed E-state index contributed by atoms with van der Waals surface area (Å²) < 4.78 is 7.87. The van der Waals surface area contributed by atoms with Gasteiger partial charge in [-0.05, 0) is 74.4 Å². The fraction of sp³-hybridized carbons (Fsp3) is 0.241. The van der Waals surface area contributed by atoms with Crippen LogP contribution >= 0.6 is 27.7 Å².